The largest absolute Gasteiger partial charge is 0.366 e. The first-order valence-corrected chi connectivity index (χ1v) is 6.93. The van der Waals surface area contributed by atoms with Gasteiger partial charge in [-0.1, -0.05) is 24.3 Å². The van der Waals surface area contributed by atoms with E-state index in [0.717, 1.165) is 16.4 Å². The first-order chi connectivity index (χ1) is 10.7. The molecule has 4 heteroatoms. The molecule has 0 aliphatic heterocycles. The molecule has 0 aliphatic carbocycles. The van der Waals surface area contributed by atoms with Crippen LogP contribution in [0.15, 0.2) is 60.7 Å². The summed E-state index contributed by atoms with van der Waals surface area (Å²) in [6.07, 6.45) is 0. The Morgan fingerprint density at radius 3 is 1.77 bits per heavy atom. The van der Waals surface area contributed by atoms with Crippen molar-refractivity contribution in [3.63, 3.8) is 0 Å². The van der Waals surface area contributed by atoms with Gasteiger partial charge in [-0.05, 0) is 47.2 Å². The summed E-state index contributed by atoms with van der Waals surface area (Å²) in [4.78, 5) is 24.5. The molecule has 0 fully saturated rings. The van der Waals surface area contributed by atoms with Crippen LogP contribution in [0, 0.1) is 0 Å². The lowest BCUT2D eigenvalue weighted by Crippen LogP contribution is -2.13. The fraction of sp³-hybridized carbons (Fsp3) is 0. The lowest BCUT2D eigenvalue weighted by molar-refractivity contribution is 0.0968. The summed E-state index contributed by atoms with van der Waals surface area (Å²) in [5.74, 6) is -0.601. The molecule has 0 spiro atoms. The van der Waals surface area contributed by atoms with E-state index >= 15 is 0 Å². The van der Waals surface area contributed by atoms with Crippen LogP contribution >= 0.6 is 0 Å². The van der Waals surface area contributed by atoms with Gasteiger partial charge in [0, 0.05) is 22.2 Å². The molecule has 2 heterocycles. The number of nitrogens with zero attached hydrogens (tertiary/aromatic N) is 1. The SMILES string of the molecule is NC(=O)c1cccc2c(C(=O)n3c4ccc3cc4)cccc12. The van der Waals surface area contributed by atoms with Crippen molar-refractivity contribution < 1.29 is 9.59 Å². The van der Waals surface area contributed by atoms with Crippen molar-refractivity contribution in [3.8, 4) is 0 Å². The zero-order chi connectivity index (χ0) is 15.3. The number of aromatic nitrogens is 1. The topological polar surface area (TPSA) is 65.1 Å². The van der Waals surface area contributed by atoms with Crippen LogP contribution < -0.4 is 5.73 Å². The highest BCUT2D eigenvalue weighted by molar-refractivity contribution is 6.15. The fourth-order valence-electron chi connectivity index (χ4n) is 2.97. The van der Waals surface area contributed by atoms with E-state index in [0.29, 0.717) is 16.5 Å². The first-order valence-electron chi connectivity index (χ1n) is 6.93. The van der Waals surface area contributed by atoms with E-state index in [1.165, 1.54) is 0 Å². The summed E-state index contributed by atoms with van der Waals surface area (Å²) >= 11 is 0. The van der Waals surface area contributed by atoms with Crippen molar-refractivity contribution in [2.45, 2.75) is 0 Å². The smallest absolute Gasteiger partial charge is 0.263 e. The predicted molar refractivity (Wildman–Crippen MR) is 85.3 cm³/mol. The van der Waals surface area contributed by atoms with E-state index in [1.54, 1.807) is 28.8 Å². The van der Waals surface area contributed by atoms with Crippen molar-refractivity contribution in [1.82, 2.24) is 4.57 Å². The third-order valence-electron chi connectivity index (χ3n) is 3.99. The van der Waals surface area contributed by atoms with Crippen LogP contribution in [0.1, 0.15) is 20.7 Å². The molecule has 22 heavy (non-hydrogen) atoms. The Kier molecular flexibility index (Phi) is 2.53. The van der Waals surface area contributed by atoms with Gasteiger partial charge in [0.05, 0.1) is 0 Å². The molecule has 2 aromatic carbocycles. The molecule has 0 aliphatic rings. The summed E-state index contributed by atoms with van der Waals surface area (Å²) in [5, 5.41) is 1.43. The molecule has 2 N–H and O–H groups in total. The Morgan fingerprint density at radius 1 is 0.727 bits per heavy atom. The highest BCUT2D eigenvalue weighted by Gasteiger charge is 2.17. The number of carbonyl (C=O) groups excluding carboxylic acids is 2. The number of amides is 1. The van der Waals surface area contributed by atoms with Crippen molar-refractivity contribution in [2.75, 3.05) is 0 Å². The summed E-state index contributed by atoms with van der Waals surface area (Å²) in [6, 6.07) is 18.2. The second-order valence-electron chi connectivity index (χ2n) is 5.23. The average Bonchev–Trinajstić information content (AvgIpc) is 3.13. The molecule has 1 amide bonds. The lowest BCUT2D eigenvalue weighted by Gasteiger charge is -2.09. The first kappa shape index (κ1) is 12.6. The second kappa shape index (κ2) is 4.43. The number of rotatable bonds is 2. The third-order valence-corrected chi connectivity index (χ3v) is 3.99. The monoisotopic (exact) mass is 288 g/mol. The van der Waals surface area contributed by atoms with Crippen LogP contribution in [0.5, 0.6) is 0 Å². The summed E-state index contributed by atoms with van der Waals surface area (Å²) < 4.78 is 1.67. The number of fused-ring (bicyclic) bond motifs is 3. The van der Waals surface area contributed by atoms with Gasteiger partial charge >= 0.3 is 0 Å². The van der Waals surface area contributed by atoms with Crippen LogP contribution in [0.25, 0.3) is 21.8 Å². The van der Waals surface area contributed by atoms with Gasteiger partial charge in [-0.25, -0.2) is 0 Å². The lowest BCUT2D eigenvalue weighted by atomic mass is 9.99. The standard InChI is InChI=1S/C18H12N2O2/c19-17(21)15-5-1-4-14-13(15)3-2-6-16(14)18(22)20-11-7-8-12(20)10-9-11/h1-10H,(H2,19,21). The van der Waals surface area contributed by atoms with Crippen LogP contribution in [0.4, 0.5) is 0 Å². The van der Waals surface area contributed by atoms with Gasteiger partial charge in [-0.3, -0.25) is 14.2 Å². The van der Waals surface area contributed by atoms with Crippen molar-refractivity contribution in [2.24, 2.45) is 5.73 Å². The van der Waals surface area contributed by atoms with Gasteiger partial charge in [0.15, 0.2) is 0 Å². The molecular weight excluding hydrogens is 276 g/mol. The molecule has 0 saturated carbocycles. The number of nitrogens with two attached hydrogens (primary N) is 1. The molecule has 0 radical (unpaired) electrons. The Labute approximate surface area is 126 Å². The molecular formula is C18H12N2O2. The van der Waals surface area contributed by atoms with Crippen molar-refractivity contribution in [1.29, 1.82) is 0 Å². The Morgan fingerprint density at radius 2 is 1.23 bits per heavy atom. The maximum Gasteiger partial charge on any atom is 0.263 e. The van der Waals surface area contributed by atoms with Crippen LogP contribution in [-0.4, -0.2) is 16.4 Å². The summed E-state index contributed by atoms with van der Waals surface area (Å²) in [7, 11) is 0. The molecule has 0 atom stereocenters. The molecule has 2 aromatic heterocycles. The van der Waals surface area contributed by atoms with E-state index in [4.69, 9.17) is 5.73 Å². The number of primary amides is 1. The third kappa shape index (κ3) is 1.64. The van der Waals surface area contributed by atoms with Crippen molar-refractivity contribution in [3.05, 3.63) is 71.8 Å². The molecule has 4 aromatic rings. The van der Waals surface area contributed by atoms with Gasteiger partial charge in [0.2, 0.25) is 5.91 Å². The van der Waals surface area contributed by atoms with E-state index in [-0.39, 0.29) is 5.91 Å². The van der Waals surface area contributed by atoms with Gasteiger partial charge in [-0.2, -0.15) is 0 Å². The van der Waals surface area contributed by atoms with Crippen LogP contribution in [-0.2, 0) is 0 Å². The zero-order valence-corrected chi connectivity index (χ0v) is 11.6. The number of hydrogen-bond acceptors (Lipinski definition) is 2. The average molecular weight is 288 g/mol. The van der Waals surface area contributed by atoms with Crippen molar-refractivity contribution >= 4 is 33.6 Å². The molecule has 0 saturated heterocycles. The van der Waals surface area contributed by atoms with Gasteiger partial charge in [0.1, 0.15) is 0 Å². The molecule has 0 unspecified atom stereocenters. The minimum atomic E-state index is -0.497. The van der Waals surface area contributed by atoms with E-state index in [9.17, 15) is 9.59 Å². The minimum absolute atomic E-state index is 0.104. The molecule has 4 rings (SSSR count). The predicted octanol–water partition coefficient (Wildman–Crippen LogP) is 3.02. The van der Waals surface area contributed by atoms with Crippen LogP contribution in [0.2, 0.25) is 0 Å². The van der Waals surface area contributed by atoms with E-state index < -0.39 is 5.91 Å². The van der Waals surface area contributed by atoms with Gasteiger partial charge in [-0.15, -0.1) is 0 Å². The molecule has 4 nitrogen and oxygen atoms in total. The van der Waals surface area contributed by atoms with Gasteiger partial charge < -0.3 is 5.73 Å². The minimum Gasteiger partial charge on any atom is -0.366 e. The quantitative estimate of drug-likeness (QED) is 0.616. The number of carbonyl (C=O) groups is 2. The van der Waals surface area contributed by atoms with Crippen LogP contribution in [0.3, 0.4) is 0 Å². The van der Waals surface area contributed by atoms with E-state index in [1.807, 2.05) is 36.4 Å². The van der Waals surface area contributed by atoms with Gasteiger partial charge in [0.25, 0.3) is 5.91 Å². The Bertz CT molecular complexity index is 982. The Hall–Kier alpha value is -3.14. The van der Waals surface area contributed by atoms with E-state index in [2.05, 4.69) is 0 Å². The Balaban J connectivity index is 1.98. The number of benzene rings is 3. The molecule has 2 bridgehead atoms. The maximum atomic E-state index is 12.9. The second-order valence-corrected chi connectivity index (χ2v) is 5.23. The highest BCUT2D eigenvalue weighted by atomic mass is 16.2. The maximum absolute atomic E-state index is 12.9. The normalized spacial score (nSPS) is 11.3. The summed E-state index contributed by atoms with van der Waals surface area (Å²) in [6.45, 7) is 0. The highest BCUT2D eigenvalue weighted by Crippen LogP contribution is 2.25. The fourth-order valence-corrected chi connectivity index (χ4v) is 2.97. The molecule has 106 valence electrons. The summed E-state index contributed by atoms with van der Waals surface area (Å²) in [5.41, 5.74) is 8.13. The number of hydrogen-bond donors (Lipinski definition) is 1. The zero-order valence-electron chi connectivity index (χ0n) is 11.6.